The molecule has 1 aliphatic heterocycles. The number of hydrogen-bond donors (Lipinski definition) is 2. The highest BCUT2D eigenvalue weighted by atomic mass is 16.5. The van der Waals surface area contributed by atoms with E-state index in [0.717, 1.165) is 5.69 Å². The molecule has 0 fully saturated rings. The summed E-state index contributed by atoms with van der Waals surface area (Å²) in [7, 11) is 0. The molecule has 0 aromatic carbocycles. The summed E-state index contributed by atoms with van der Waals surface area (Å²) in [6.07, 6.45) is 0.248. The van der Waals surface area contributed by atoms with Crippen molar-refractivity contribution >= 4 is 5.76 Å². The van der Waals surface area contributed by atoms with Gasteiger partial charge in [0.2, 0.25) is 0 Å². The molecule has 1 aromatic heterocycles. The van der Waals surface area contributed by atoms with E-state index >= 15 is 0 Å². The van der Waals surface area contributed by atoms with Crippen molar-refractivity contribution in [2.45, 2.75) is 19.1 Å². The van der Waals surface area contributed by atoms with Crippen molar-refractivity contribution in [3.8, 4) is 0 Å². The summed E-state index contributed by atoms with van der Waals surface area (Å²) >= 11 is 0. The normalized spacial score (nSPS) is 24.9. The Morgan fingerprint density at radius 2 is 2.27 bits per heavy atom. The molecule has 0 saturated carbocycles. The molecule has 2 rings (SSSR count). The van der Waals surface area contributed by atoms with Gasteiger partial charge in [0.1, 0.15) is 17.6 Å². The SMILES string of the molecule is Cc1cccc(C2=C[C@H](O)[C@@H](CO)O2)n1. The fourth-order valence-electron chi connectivity index (χ4n) is 1.51. The Hall–Kier alpha value is -1.39. The van der Waals surface area contributed by atoms with Crippen LogP contribution in [0, 0.1) is 6.92 Å². The van der Waals surface area contributed by atoms with Gasteiger partial charge in [0.25, 0.3) is 0 Å². The topological polar surface area (TPSA) is 62.6 Å². The summed E-state index contributed by atoms with van der Waals surface area (Å²) in [5, 5.41) is 18.4. The highest BCUT2D eigenvalue weighted by Gasteiger charge is 2.27. The fourth-order valence-corrected chi connectivity index (χ4v) is 1.51. The molecule has 0 radical (unpaired) electrons. The number of pyridine rings is 1. The summed E-state index contributed by atoms with van der Waals surface area (Å²) in [6, 6.07) is 5.57. The van der Waals surface area contributed by atoms with Gasteiger partial charge in [-0.25, -0.2) is 4.98 Å². The molecule has 0 unspecified atom stereocenters. The van der Waals surface area contributed by atoms with Gasteiger partial charge in [0.05, 0.1) is 6.61 Å². The summed E-state index contributed by atoms with van der Waals surface area (Å²) in [4.78, 5) is 4.27. The van der Waals surface area contributed by atoms with Gasteiger partial charge >= 0.3 is 0 Å². The number of aliphatic hydroxyl groups excluding tert-OH is 2. The highest BCUT2D eigenvalue weighted by molar-refractivity contribution is 5.59. The van der Waals surface area contributed by atoms with Crippen LogP contribution in [0.25, 0.3) is 5.76 Å². The molecule has 4 nitrogen and oxygen atoms in total. The lowest BCUT2D eigenvalue weighted by Crippen LogP contribution is -2.25. The minimum absolute atomic E-state index is 0.201. The van der Waals surface area contributed by atoms with E-state index in [4.69, 9.17) is 9.84 Å². The minimum atomic E-state index is -0.757. The predicted octanol–water partition coefficient (Wildman–Crippen LogP) is 0.483. The molecule has 0 saturated heterocycles. The number of aliphatic hydroxyl groups is 2. The first-order chi connectivity index (χ1) is 7.20. The third-order valence-electron chi connectivity index (χ3n) is 2.30. The molecular weight excluding hydrogens is 194 g/mol. The summed E-state index contributed by atoms with van der Waals surface area (Å²) in [5.41, 5.74) is 1.57. The average Bonchev–Trinajstić information content (AvgIpc) is 2.60. The fraction of sp³-hybridized carbons (Fsp3) is 0.364. The lowest BCUT2D eigenvalue weighted by Gasteiger charge is -2.12. The van der Waals surface area contributed by atoms with Gasteiger partial charge in [-0.05, 0) is 25.1 Å². The first-order valence-corrected chi connectivity index (χ1v) is 4.82. The third-order valence-corrected chi connectivity index (χ3v) is 2.30. The van der Waals surface area contributed by atoms with E-state index in [-0.39, 0.29) is 6.61 Å². The van der Waals surface area contributed by atoms with Crippen LogP contribution in [0.5, 0.6) is 0 Å². The first-order valence-electron chi connectivity index (χ1n) is 4.82. The van der Waals surface area contributed by atoms with Crippen LogP contribution in [0.2, 0.25) is 0 Å². The number of aryl methyl sites for hydroxylation is 1. The number of aromatic nitrogens is 1. The molecule has 0 aliphatic carbocycles. The first kappa shape index (κ1) is 10.1. The van der Waals surface area contributed by atoms with Crippen LogP contribution >= 0.6 is 0 Å². The quantitative estimate of drug-likeness (QED) is 0.740. The van der Waals surface area contributed by atoms with Gasteiger partial charge in [0, 0.05) is 5.69 Å². The molecule has 0 bridgehead atoms. The molecule has 4 heteroatoms. The predicted molar refractivity (Wildman–Crippen MR) is 54.9 cm³/mol. The Balaban J connectivity index is 2.23. The van der Waals surface area contributed by atoms with E-state index in [1.54, 1.807) is 6.08 Å². The minimum Gasteiger partial charge on any atom is -0.483 e. The van der Waals surface area contributed by atoms with Gasteiger partial charge in [-0.2, -0.15) is 0 Å². The monoisotopic (exact) mass is 207 g/mol. The van der Waals surface area contributed by atoms with Crippen molar-refractivity contribution in [2.75, 3.05) is 6.61 Å². The van der Waals surface area contributed by atoms with Gasteiger partial charge < -0.3 is 14.9 Å². The second kappa shape index (κ2) is 4.00. The Labute approximate surface area is 87.8 Å². The summed E-state index contributed by atoms with van der Waals surface area (Å²) in [6.45, 7) is 1.69. The van der Waals surface area contributed by atoms with Crippen LogP contribution in [0.15, 0.2) is 24.3 Å². The van der Waals surface area contributed by atoms with Crippen molar-refractivity contribution in [1.29, 1.82) is 0 Å². The van der Waals surface area contributed by atoms with Crippen molar-refractivity contribution in [3.05, 3.63) is 35.7 Å². The zero-order valence-corrected chi connectivity index (χ0v) is 8.42. The molecule has 1 aromatic rings. The van der Waals surface area contributed by atoms with Crippen LogP contribution in [0.4, 0.5) is 0 Å². The number of rotatable bonds is 2. The Morgan fingerprint density at radius 1 is 1.47 bits per heavy atom. The third kappa shape index (κ3) is 2.00. The van der Waals surface area contributed by atoms with Crippen LogP contribution in [-0.4, -0.2) is 34.0 Å². The second-order valence-electron chi connectivity index (χ2n) is 3.52. The maximum absolute atomic E-state index is 9.50. The van der Waals surface area contributed by atoms with Crippen molar-refractivity contribution < 1.29 is 14.9 Å². The maximum atomic E-state index is 9.50. The molecule has 1 aliphatic rings. The van der Waals surface area contributed by atoms with Crippen LogP contribution in [0.3, 0.4) is 0 Å². The number of hydrogen-bond acceptors (Lipinski definition) is 4. The largest absolute Gasteiger partial charge is 0.483 e. The second-order valence-corrected chi connectivity index (χ2v) is 3.52. The van der Waals surface area contributed by atoms with Crippen molar-refractivity contribution in [1.82, 2.24) is 4.98 Å². The standard InChI is InChI=1S/C11H13NO3/c1-7-3-2-4-8(12-7)10-5-9(14)11(6-13)15-10/h2-5,9,11,13-14H,6H2,1H3/t9-,11+/m0/s1. The van der Waals surface area contributed by atoms with Gasteiger partial charge in [-0.1, -0.05) is 6.07 Å². The zero-order valence-electron chi connectivity index (χ0n) is 8.42. The molecule has 2 N–H and O–H groups in total. The lowest BCUT2D eigenvalue weighted by molar-refractivity contribution is 0.0291. The highest BCUT2D eigenvalue weighted by Crippen LogP contribution is 2.25. The number of nitrogens with zero attached hydrogens (tertiary/aromatic N) is 1. The average molecular weight is 207 g/mol. The van der Waals surface area contributed by atoms with Gasteiger partial charge in [-0.15, -0.1) is 0 Å². The molecule has 2 heterocycles. The van der Waals surface area contributed by atoms with Crippen LogP contribution < -0.4 is 0 Å². The zero-order chi connectivity index (χ0) is 10.8. The Morgan fingerprint density at radius 3 is 2.87 bits per heavy atom. The molecular formula is C11H13NO3. The van der Waals surface area contributed by atoms with E-state index in [2.05, 4.69) is 4.98 Å². The van der Waals surface area contributed by atoms with Crippen LogP contribution in [-0.2, 0) is 4.74 Å². The summed E-state index contributed by atoms with van der Waals surface area (Å²) < 4.78 is 5.36. The molecule has 80 valence electrons. The van der Waals surface area contributed by atoms with E-state index in [9.17, 15) is 5.11 Å². The van der Waals surface area contributed by atoms with E-state index in [0.29, 0.717) is 11.5 Å². The van der Waals surface area contributed by atoms with E-state index in [1.165, 1.54) is 0 Å². The van der Waals surface area contributed by atoms with Gasteiger partial charge in [0.15, 0.2) is 6.10 Å². The Kier molecular flexibility index (Phi) is 2.70. The lowest BCUT2D eigenvalue weighted by atomic mass is 10.2. The smallest absolute Gasteiger partial charge is 0.151 e. The Bertz CT molecular complexity index is 389. The molecule has 0 spiro atoms. The molecule has 15 heavy (non-hydrogen) atoms. The van der Waals surface area contributed by atoms with Crippen molar-refractivity contribution in [3.63, 3.8) is 0 Å². The van der Waals surface area contributed by atoms with E-state index in [1.807, 2.05) is 25.1 Å². The van der Waals surface area contributed by atoms with Crippen LogP contribution in [0.1, 0.15) is 11.4 Å². The number of ether oxygens (including phenoxy) is 1. The van der Waals surface area contributed by atoms with Gasteiger partial charge in [-0.3, -0.25) is 0 Å². The van der Waals surface area contributed by atoms with E-state index < -0.39 is 12.2 Å². The molecule has 2 atom stereocenters. The van der Waals surface area contributed by atoms with Crippen molar-refractivity contribution in [2.24, 2.45) is 0 Å². The maximum Gasteiger partial charge on any atom is 0.151 e. The molecule has 0 amide bonds. The summed E-state index contributed by atoms with van der Waals surface area (Å²) in [5.74, 6) is 0.533.